The van der Waals surface area contributed by atoms with Crippen LogP contribution in [0.15, 0.2) is 30.5 Å². The third-order valence-corrected chi connectivity index (χ3v) is 3.44. The van der Waals surface area contributed by atoms with Crippen LogP contribution in [0, 0.1) is 17.0 Å². The van der Waals surface area contributed by atoms with Crippen molar-refractivity contribution in [2.75, 3.05) is 0 Å². The van der Waals surface area contributed by atoms with Gasteiger partial charge in [0.05, 0.1) is 4.92 Å². The monoisotopic (exact) mass is 284 g/mol. The van der Waals surface area contributed by atoms with Crippen LogP contribution in [0.2, 0.25) is 0 Å². The van der Waals surface area contributed by atoms with E-state index in [4.69, 9.17) is 4.74 Å². The number of benzene rings is 1. The predicted molar refractivity (Wildman–Crippen MR) is 74.8 cm³/mol. The summed E-state index contributed by atoms with van der Waals surface area (Å²) in [5.74, 6) is 1.05. The van der Waals surface area contributed by atoms with Gasteiger partial charge < -0.3 is 4.74 Å². The van der Waals surface area contributed by atoms with Crippen LogP contribution in [0.5, 0.6) is 11.6 Å². The Balaban J connectivity index is 1.87. The Morgan fingerprint density at radius 2 is 2.10 bits per heavy atom. The van der Waals surface area contributed by atoms with E-state index in [0.717, 1.165) is 17.5 Å². The van der Waals surface area contributed by atoms with Gasteiger partial charge in [-0.2, -0.15) is 0 Å². The quantitative estimate of drug-likeness (QED) is 0.638. The lowest BCUT2D eigenvalue weighted by Crippen LogP contribution is -1.96. The molecule has 6 nitrogen and oxygen atoms in total. The van der Waals surface area contributed by atoms with Gasteiger partial charge in [0.25, 0.3) is 5.69 Å². The molecule has 1 heterocycles. The maximum absolute atomic E-state index is 11.6. The van der Waals surface area contributed by atoms with Gasteiger partial charge in [-0.15, -0.1) is 0 Å². The molecule has 0 saturated heterocycles. The number of carbonyl (C=O) groups is 1. The standard InChI is InChI=1S/C15H12N2O4/c1-9-6-11(17(19)20)8-16-15(9)21-12-3-4-13-10(7-12)2-5-14(13)18/h3-4,6-8H,2,5H2,1H3. The molecule has 0 atom stereocenters. The summed E-state index contributed by atoms with van der Waals surface area (Å²) >= 11 is 0. The van der Waals surface area contributed by atoms with Gasteiger partial charge in [-0.3, -0.25) is 14.9 Å². The topological polar surface area (TPSA) is 82.3 Å². The number of ether oxygens (including phenoxy) is 1. The second-order valence-corrected chi connectivity index (χ2v) is 4.92. The number of aryl methyl sites for hydroxylation is 2. The zero-order valence-corrected chi connectivity index (χ0v) is 11.3. The Kier molecular flexibility index (Phi) is 3.13. The highest BCUT2D eigenvalue weighted by atomic mass is 16.6. The molecule has 21 heavy (non-hydrogen) atoms. The van der Waals surface area contributed by atoms with E-state index in [0.29, 0.717) is 23.6 Å². The Bertz CT molecular complexity index is 755. The first-order chi connectivity index (χ1) is 10.0. The van der Waals surface area contributed by atoms with E-state index in [2.05, 4.69) is 4.98 Å². The molecule has 0 amide bonds. The predicted octanol–water partition coefficient (Wildman–Crippen LogP) is 3.22. The minimum Gasteiger partial charge on any atom is -0.439 e. The second-order valence-electron chi connectivity index (χ2n) is 4.92. The molecule has 2 aromatic rings. The van der Waals surface area contributed by atoms with E-state index >= 15 is 0 Å². The Morgan fingerprint density at radius 1 is 1.29 bits per heavy atom. The Hall–Kier alpha value is -2.76. The van der Waals surface area contributed by atoms with Crippen LogP contribution in [0.1, 0.15) is 27.9 Å². The van der Waals surface area contributed by atoms with E-state index in [1.54, 1.807) is 19.1 Å². The van der Waals surface area contributed by atoms with Crippen LogP contribution >= 0.6 is 0 Å². The van der Waals surface area contributed by atoms with Crippen LogP contribution < -0.4 is 4.74 Å². The molecule has 0 aliphatic heterocycles. The van der Waals surface area contributed by atoms with Crippen LogP contribution in [-0.4, -0.2) is 15.7 Å². The van der Waals surface area contributed by atoms with Crippen molar-refractivity contribution < 1.29 is 14.5 Å². The number of fused-ring (bicyclic) bond motifs is 1. The van der Waals surface area contributed by atoms with Crippen molar-refractivity contribution in [3.05, 3.63) is 57.3 Å². The zero-order chi connectivity index (χ0) is 15.0. The summed E-state index contributed by atoms with van der Waals surface area (Å²) in [5.41, 5.74) is 2.23. The molecule has 1 aromatic heterocycles. The third-order valence-electron chi connectivity index (χ3n) is 3.44. The maximum atomic E-state index is 11.6. The maximum Gasteiger partial charge on any atom is 0.288 e. The third kappa shape index (κ3) is 2.47. The van der Waals surface area contributed by atoms with Crippen molar-refractivity contribution in [2.24, 2.45) is 0 Å². The first-order valence-corrected chi connectivity index (χ1v) is 6.49. The average molecular weight is 284 g/mol. The summed E-state index contributed by atoms with van der Waals surface area (Å²) in [5, 5.41) is 10.7. The summed E-state index contributed by atoms with van der Waals surface area (Å²) in [6.45, 7) is 1.70. The lowest BCUT2D eigenvalue weighted by molar-refractivity contribution is -0.385. The van der Waals surface area contributed by atoms with Crippen LogP contribution in [0.3, 0.4) is 0 Å². The highest BCUT2D eigenvalue weighted by molar-refractivity contribution is 6.00. The number of ketones is 1. The van der Waals surface area contributed by atoms with Crippen molar-refractivity contribution >= 4 is 11.5 Å². The van der Waals surface area contributed by atoms with Gasteiger partial charge in [0.1, 0.15) is 11.9 Å². The second kappa shape index (κ2) is 4.97. The molecule has 1 aliphatic rings. The van der Waals surface area contributed by atoms with Crippen molar-refractivity contribution in [3.63, 3.8) is 0 Å². The molecule has 6 heteroatoms. The van der Waals surface area contributed by atoms with Gasteiger partial charge in [0, 0.05) is 23.6 Å². The summed E-state index contributed by atoms with van der Waals surface area (Å²) in [7, 11) is 0. The number of hydrogen-bond acceptors (Lipinski definition) is 5. The Labute approximate surface area is 120 Å². The van der Waals surface area contributed by atoms with Crippen molar-refractivity contribution in [3.8, 4) is 11.6 Å². The molecule has 106 valence electrons. The average Bonchev–Trinajstić information content (AvgIpc) is 2.82. The summed E-state index contributed by atoms with van der Waals surface area (Å²) < 4.78 is 5.66. The summed E-state index contributed by atoms with van der Waals surface area (Å²) in [6, 6.07) is 6.70. The van der Waals surface area contributed by atoms with Gasteiger partial charge in [0.15, 0.2) is 5.78 Å². The van der Waals surface area contributed by atoms with Gasteiger partial charge in [0.2, 0.25) is 5.88 Å². The first-order valence-electron chi connectivity index (χ1n) is 6.49. The van der Waals surface area contributed by atoms with E-state index in [1.807, 2.05) is 6.07 Å². The number of pyridine rings is 1. The SMILES string of the molecule is Cc1cc([N+](=O)[O-])cnc1Oc1ccc2c(c1)CCC2=O. The molecule has 3 rings (SSSR count). The highest BCUT2D eigenvalue weighted by Gasteiger charge is 2.20. The minimum atomic E-state index is -0.495. The summed E-state index contributed by atoms with van der Waals surface area (Å²) in [4.78, 5) is 25.7. The first kappa shape index (κ1) is 13.2. The van der Waals surface area contributed by atoms with Gasteiger partial charge in [-0.25, -0.2) is 4.98 Å². The fraction of sp³-hybridized carbons (Fsp3) is 0.200. The smallest absolute Gasteiger partial charge is 0.288 e. The van der Waals surface area contributed by atoms with Crippen LogP contribution in [0.25, 0.3) is 0 Å². The van der Waals surface area contributed by atoms with Crippen LogP contribution in [-0.2, 0) is 6.42 Å². The van der Waals surface area contributed by atoms with Gasteiger partial charge >= 0.3 is 0 Å². The minimum absolute atomic E-state index is 0.0700. The molecule has 0 fully saturated rings. The van der Waals surface area contributed by atoms with Crippen molar-refractivity contribution in [1.82, 2.24) is 4.98 Å². The van der Waals surface area contributed by atoms with Gasteiger partial charge in [-0.05, 0) is 37.1 Å². The molecule has 0 unspecified atom stereocenters. The number of aromatic nitrogens is 1. The van der Waals surface area contributed by atoms with Crippen molar-refractivity contribution in [1.29, 1.82) is 0 Å². The molecule has 1 aromatic carbocycles. The lowest BCUT2D eigenvalue weighted by atomic mass is 10.1. The van der Waals surface area contributed by atoms with Gasteiger partial charge in [-0.1, -0.05) is 0 Å². The zero-order valence-electron chi connectivity index (χ0n) is 11.3. The molecule has 0 N–H and O–H groups in total. The van der Waals surface area contributed by atoms with E-state index < -0.39 is 4.92 Å². The molecule has 0 radical (unpaired) electrons. The molecule has 0 bridgehead atoms. The lowest BCUT2D eigenvalue weighted by Gasteiger charge is -2.08. The normalized spacial score (nSPS) is 13.1. The number of carbonyl (C=O) groups excluding carboxylic acids is 1. The molecule has 1 aliphatic carbocycles. The summed E-state index contributed by atoms with van der Waals surface area (Å²) in [6.07, 6.45) is 2.42. The van der Waals surface area contributed by atoms with E-state index in [-0.39, 0.29) is 11.5 Å². The number of nitrogens with zero attached hydrogens (tertiary/aromatic N) is 2. The van der Waals surface area contributed by atoms with Crippen molar-refractivity contribution in [2.45, 2.75) is 19.8 Å². The Morgan fingerprint density at radius 3 is 2.81 bits per heavy atom. The molecule has 0 saturated carbocycles. The molecule has 0 spiro atoms. The van der Waals surface area contributed by atoms with E-state index in [1.165, 1.54) is 12.3 Å². The number of Topliss-reactive ketones (excluding diaryl/α,β-unsaturated/α-hetero) is 1. The fourth-order valence-corrected chi connectivity index (χ4v) is 2.36. The van der Waals surface area contributed by atoms with E-state index in [9.17, 15) is 14.9 Å². The largest absolute Gasteiger partial charge is 0.439 e. The number of hydrogen-bond donors (Lipinski definition) is 0. The highest BCUT2D eigenvalue weighted by Crippen LogP contribution is 2.30. The molecular formula is C15H12N2O4. The number of nitro groups is 1. The fourth-order valence-electron chi connectivity index (χ4n) is 2.36. The van der Waals surface area contributed by atoms with Crippen LogP contribution in [0.4, 0.5) is 5.69 Å². The number of rotatable bonds is 3. The molecular weight excluding hydrogens is 272 g/mol.